The van der Waals surface area contributed by atoms with Crippen molar-refractivity contribution >= 4 is 33.7 Å². The predicted octanol–water partition coefficient (Wildman–Crippen LogP) is 5.30. The first-order chi connectivity index (χ1) is 24.9. The van der Waals surface area contributed by atoms with Gasteiger partial charge in [-0.25, -0.2) is 4.98 Å². The van der Waals surface area contributed by atoms with Gasteiger partial charge in [0.05, 0.1) is 23.4 Å². The van der Waals surface area contributed by atoms with Crippen LogP contribution in [0.25, 0.3) is 44.3 Å². The maximum absolute atomic E-state index is 11.9. The van der Waals surface area contributed by atoms with Crippen molar-refractivity contribution < 1.29 is 15.0 Å². The number of piperidine rings is 2. The molecule has 1 amide bonds. The molecule has 12 heteroatoms. The fourth-order valence-corrected chi connectivity index (χ4v) is 7.83. The molecule has 0 radical (unpaired) electrons. The number of unbranched alkanes of at least 4 members (excludes halogenated alkanes) is 1. The largest absolute Gasteiger partial charge is 0.507 e. The highest BCUT2D eigenvalue weighted by molar-refractivity contribution is 6.07. The number of carbonyl (C=O) groups is 1. The number of anilines is 1. The molecule has 0 bridgehead atoms. The quantitative estimate of drug-likeness (QED) is 0.140. The molecule has 51 heavy (non-hydrogen) atoms. The molecule has 2 unspecified atom stereocenters. The third-order valence-corrected chi connectivity index (χ3v) is 10.6. The van der Waals surface area contributed by atoms with E-state index in [2.05, 4.69) is 59.3 Å². The minimum absolute atomic E-state index is 0.115. The zero-order valence-electron chi connectivity index (χ0n) is 28.5. The van der Waals surface area contributed by atoms with Gasteiger partial charge in [-0.2, -0.15) is 5.10 Å². The molecule has 8 rings (SSSR count). The smallest absolute Gasteiger partial charge is 0.222 e. The Morgan fingerprint density at radius 2 is 1.80 bits per heavy atom. The third-order valence-electron chi connectivity index (χ3n) is 10.6. The van der Waals surface area contributed by atoms with E-state index >= 15 is 0 Å². The lowest BCUT2D eigenvalue weighted by Gasteiger charge is -2.31. The van der Waals surface area contributed by atoms with Gasteiger partial charge in [-0.1, -0.05) is 18.2 Å². The fourth-order valence-electron chi connectivity index (χ4n) is 7.83. The van der Waals surface area contributed by atoms with Crippen molar-refractivity contribution in [1.29, 1.82) is 0 Å². The van der Waals surface area contributed by atoms with Crippen molar-refractivity contribution in [3.05, 3.63) is 84.8 Å². The molecule has 262 valence electrons. The lowest BCUT2D eigenvalue weighted by molar-refractivity contribution is -0.128. The summed E-state index contributed by atoms with van der Waals surface area (Å²) in [5.74, 6) is 0.932. The standard InChI is InChI=1S/C39H43N9O3/c40-37-30(21-32(44-45-37)29-7-1-2-9-35(29)49)27-22-42-47(24-27)23-26-14-18-46(19-15-26)17-4-3-6-25-10-11-33-31(20-25)28-8-5-16-41-38(28)48(33)34-12-13-36(50)43-39(34)51/h1-2,5,7-11,16,20-22,24,26,34,39,49,51H,3-4,6,12-15,17-19,23H2,(H2,40,45)(H,43,50). The number of rotatable bonds is 10. The van der Waals surface area contributed by atoms with E-state index in [1.54, 1.807) is 18.3 Å². The lowest BCUT2D eigenvalue weighted by atomic mass is 9.96. The number of hydrogen-bond donors (Lipinski definition) is 4. The minimum atomic E-state index is -0.933. The van der Waals surface area contributed by atoms with Crippen LogP contribution >= 0.6 is 0 Å². The Morgan fingerprint density at radius 3 is 2.65 bits per heavy atom. The molecule has 2 saturated heterocycles. The number of phenolic OH excluding ortho intramolecular Hbond substituents is 1. The Labute approximate surface area is 295 Å². The average molecular weight is 686 g/mol. The molecule has 0 aliphatic carbocycles. The van der Waals surface area contributed by atoms with Crippen LogP contribution in [-0.4, -0.2) is 76.4 Å². The minimum Gasteiger partial charge on any atom is -0.507 e. The summed E-state index contributed by atoms with van der Waals surface area (Å²) < 4.78 is 4.12. The van der Waals surface area contributed by atoms with Crippen molar-refractivity contribution in [3.63, 3.8) is 0 Å². The summed E-state index contributed by atoms with van der Waals surface area (Å²) in [5.41, 5.74) is 12.2. The normalized spacial score (nSPS) is 18.8. The Hall–Kier alpha value is -5.33. The fraction of sp³-hybridized carbons (Fsp3) is 0.359. The Balaban J connectivity index is 0.835. The number of nitrogens with two attached hydrogens (primary N) is 1. The van der Waals surface area contributed by atoms with Crippen LogP contribution in [0.15, 0.2) is 79.3 Å². The number of pyridine rings is 1. The van der Waals surface area contributed by atoms with Gasteiger partial charge in [0.2, 0.25) is 5.91 Å². The zero-order valence-corrected chi connectivity index (χ0v) is 28.5. The number of benzene rings is 2. The van der Waals surface area contributed by atoms with Gasteiger partial charge in [0.25, 0.3) is 0 Å². The number of aliphatic hydroxyl groups excluding tert-OH is 1. The molecule has 6 aromatic rings. The van der Waals surface area contributed by atoms with Crippen molar-refractivity contribution in [2.45, 2.75) is 63.8 Å². The number of amides is 1. The summed E-state index contributed by atoms with van der Waals surface area (Å²) in [7, 11) is 0. The van der Waals surface area contributed by atoms with Gasteiger partial charge in [-0.15, -0.1) is 10.2 Å². The predicted molar refractivity (Wildman–Crippen MR) is 197 cm³/mol. The molecule has 2 aliphatic rings. The molecular formula is C39H43N9O3. The first-order valence-corrected chi connectivity index (χ1v) is 17.9. The molecule has 2 fully saturated rings. The number of carbonyl (C=O) groups excluding carboxylic acids is 1. The summed E-state index contributed by atoms with van der Waals surface area (Å²) in [6.45, 7) is 4.15. The van der Waals surface area contributed by atoms with Gasteiger partial charge in [-0.3, -0.25) is 9.48 Å². The topological polar surface area (TPSA) is 160 Å². The molecule has 2 atom stereocenters. The number of phenols is 1. The maximum atomic E-state index is 11.9. The summed E-state index contributed by atoms with van der Waals surface area (Å²) >= 11 is 0. The summed E-state index contributed by atoms with van der Waals surface area (Å²) in [6.07, 6.45) is 11.2. The number of nitrogens with zero attached hydrogens (tertiary/aromatic N) is 7. The van der Waals surface area contributed by atoms with Crippen LogP contribution in [0.3, 0.4) is 0 Å². The third kappa shape index (κ3) is 6.76. The number of aliphatic hydroxyl groups is 1. The molecule has 6 heterocycles. The first-order valence-electron chi connectivity index (χ1n) is 17.9. The second kappa shape index (κ2) is 14.1. The van der Waals surface area contributed by atoms with Gasteiger partial charge in [0.15, 0.2) is 5.82 Å². The van der Waals surface area contributed by atoms with E-state index in [9.17, 15) is 15.0 Å². The van der Waals surface area contributed by atoms with Gasteiger partial charge < -0.3 is 30.7 Å². The first kappa shape index (κ1) is 32.9. The van der Waals surface area contributed by atoms with E-state index in [-0.39, 0.29) is 17.7 Å². The van der Waals surface area contributed by atoms with Gasteiger partial charge in [0.1, 0.15) is 17.6 Å². The second-order valence-corrected chi connectivity index (χ2v) is 14.0. The van der Waals surface area contributed by atoms with Crippen molar-refractivity contribution in [1.82, 2.24) is 39.7 Å². The number of hydrogen-bond acceptors (Lipinski definition) is 9. The maximum Gasteiger partial charge on any atom is 0.222 e. The van der Waals surface area contributed by atoms with E-state index in [1.165, 1.54) is 5.56 Å². The average Bonchev–Trinajstić information content (AvgIpc) is 3.74. The molecule has 2 aliphatic heterocycles. The van der Waals surface area contributed by atoms with Crippen LogP contribution in [0.2, 0.25) is 0 Å². The van der Waals surface area contributed by atoms with E-state index < -0.39 is 6.23 Å². The van der Waals surface area contributed by atoms with Crippen LogP contribution < -0.4 is 11.1 Å². The van der Waals surface area contributed by atoms with E-state index in [4.69, 9.17) is 5.73 Å². The monoisotopic (exact) mass is 685 g/mol. The Kier molecular flexibility index (Phi) is 9.10. The highest BCUT2D eigenvalue weighted by atomic mass is 16.3. The van der Waals surface area contributed by atoms with Crippen molar-refractivity contribution in [2.24, 2.45) is 5.92 Å². The molecule has 4 aromatic heterocycles. The van der Waals surface area contributed by atoms with Crippen LogP contribution in [0.4, 0.5) is 5.82 Å². The molecular weight excluding hydrogens is 642 g/mol. The van der Waals surface area contributed by atoms with Gasteiger partial charge in [0, 0.05) is 52.8 Å². The second-order valence-electron chi connectivity index (χ2n) is 14.0. The lowest BCUT2D eigenvalue weighted by Crippen LogP contribution is -2.45. The molecule has 12 nitrogen and oxygen atoms in total. The highest BCUT2D eigenvalue weighted by Crippen LogP contribution is 2.36. The van der Waals surface area contributed by atoms with Crippen molar-refractivity contribution in [2.75, 3.05) is 25.4 Å². The number of likely N-dealkylation sites (tertiary alicyclic amines) is 1. The number of nitrogen functional groups attached to an aromatic ring is 1. The molecule has 5 N–H and O–H groups in total. The van der Waals surface area contributed by atoms with E-state index in [0.717, 1.165) is 91.3 Å². The number of para-hydroxylation sites is 1. The number of aromatic nitrogens is 6. The SMILES string of the molecule is Nc1nnc(-c2ccccc2O)cc1-c1cnn(CC2CCN(CCCCc3ccc4c(c3)c3cccnc3n4C3CCC(=O)NC3O)CC2)c1. The van der Waals surface area contributed by atoms with Crippen LogP contribution in [0, 0.1) is 5.92 Å². The van der Waals surface area contributed by atoms with E-state index in [0.29, 0.717) is 35.8 Å². The van der Waals surface area contributed by atoms with Crippen LogP contribution in [0.5, 0.6) is 5.75 Å². The highest BCUT2D eigenvalue weighted by Gasteiger charge is 2.31. The van der Waals surface area contributed by atoms with Gasteiger partial charge in [-0.05, 0) is 112 Å². The molecule has 0 spiro atoms. The van der Waals surface area contributed by atoms with Crippen LogP contribution in [0.1, 0.15) is 50.1 Å². The Morgan fingerprint density at radius 1 is 0.941 bits per heavy atom. The number of aromatic hydroxyl groups is 1. The number of nitrogens with one attached hydrogen (secondary N) is 1. The van der Waals surface area contributed by atoms with Gasteiger partial charge >= 0.3 is 0 Å². The number of aryl methyl sites for hydroxylation is 1. The van der Waals surface area contributed by atoms with Crippen molar-refractivity contribution in [3.8, 4) is 28.1 Å². The van der Waals surface area contributed by atoms with Crippen LogP contribution in [-0.2, 0) is 17.8 Å². The summed E-state index contributed by atoms with van der Waals surface area (Å²) in [6, 6.07) is 19.4. The molecule has 2 aromatic carbocycles. The summed E-state index contributed by atoms with van der Waals surface area (Å²) in [4.78, 5) is 19.1. The number of fused-ring (bicyclic) bond motifs is 3. The van der Waals surface area contributed by atoms with E-state index in [1.807, 2.05) is 41.3 Å². The zero-order chi connectivity index (χ0) is 34.9. The Bertz CT molecular complexity index is 2190. The molecule has 0 saturated carbocycles. The summed E-state index contributed by atoms with van der Waals surface area (Å²) in [5, 5.41) is 38.9.